The summed E-state index contributed by atoms with van der Waals surface area (Å²) in [5.74, 6) is 0. The maximum Gasteiger partial charge on any atom is 0.407 e. The number of halogens is 1. The first-order valence-corrected chi connectivity index (χ1v) is 9.30. The van der Waals surface area contributed by atoms with Crippen LogP contribution in [0, 0.1) is 0 Å². The summed E-state index contributed by atoms with van der Waals surface area (Å²) in [5.41, 5.74) is 6.99. The number of rotatable bonds is 7. The number of carbonyl (C=O) groups is 1. The van der Waals surface area contributed by atoms with Crippen molar-refractivity contribution in [3.8, 4) is 0 Å². The molecule has 0 fully saturated rings. The average molecular weight is 415 g/mol. The molecular formula is C18H31BrN4O2. The zero-order valence-corrected chi connectivity index (χ0v) is 17.4. The van der Waals surface area contributed by atoms with Crippen molar-refractivity contribution in [1.82, 2.24) is 10.6 Å². The number of hydrogen-bond acceptors (Lipinski definition) is 5. The Balaban J connectivity index is 0.00000277. The van der Waals surface area contributed by atoms with Crippen LogP contribution in [0.3, 0.4) is 0 Å². The van der Waals surface area contributed by atoms with Crippen molar-refractivity contribution in [2.24, 2.45) is 4.99 Å². The van der Waals surface area contributed by atoms with Crippen molar-refractivity contribution in [2.45, 2.75) is 40.2 Å². The Labute approximate surface area is 159 Å². The molecule has 142 valence electrons. The minimum absolute atomic E-state index is 0.401. The van der Waals surface area contributed by atoms with Gasteiger partial charge >= 0.3 is 6.09 Å². The van der Waals surface area contributed by atoms with Crippen LogP contribution in [0.15, 0.2) is 27.7 Å². The van der Waals surface area contributed by atoms with Crippen molar-refractivity contribution in [2.75, 3.05) is 31.9 Å². The van der Waals surface area contributed by atoms with E-state index in [2.05, 4.69) is 31.6 Å². The molecule has 0 heterocycles. The Morgan fingerprint density at radius 2 is 1.96 bits per heavy atom. The van der Waals surface area contributed by atoms with E-state index in [4.69, 9.17) is 10.5 Å². The van der Waals surface area contributed by atoms with Gasteiger partial charge in [-0.1, -0.05) is 35.8 Å². The monoisotopic (exact) mass is 414 g/mol. The quantitative estimate of drug-likeness (QED) is 0.361. The molecule has 6 nitrogen and oxygen atoms in total. The molecule has 0 aliphatic rings. The Kier molecular flexibility index (Phi) is 11.9. The second-order valence-corrected chi connectivity index (χ2v) is 6.81. The summed E-state index contributed by atoms with van der Waals surface area (Å²) in [6.45, 7) is 12.0. The number of carbonyl (C=O) groups excluding carboxylic acids is 1. The summed E-state index contributed by atoms with van der Waals surface area (Å²) in [6, 6.07) is 5.65. The Morgan fingerprint density at radius 3 is 2.56 bits per heavy atom. The summed E-state index contributed by atoms with van der Waals surface area (Å²) in [6.07, 6.45) is 1.36. The lowest BCUT2D eigenvalue weighted by Gasteiger charge is -2.19. The van der Waals surface area contributed by atoms with Crippen LogP contribution in [0.5, 0.6) is 0 Å². The summed E-state index contributed by atoms with van der Waals surface area (Å²) < 4.78 is 6.06. The van der Waals surface area contributed by atoms with Gasteiger partial charge in [-0.2, -0.15) is 0 Å². The van der Waals surface area contributed by atoms with Crippen LogP contribution in [0.2, 0.25) is 0 Å². The average Bonchev–Trinajstić information content (AvgIpc) is 2.52. The van der Waals surface area contributed by atoms with Crippen molar-refractivity contribution in [3.05, 3.63) is 28.2 Å². The second kappa shape index (κ2) is 12.7. The summed E-state index contributed by atoms with van der Waals surface area (Å²) in [4.78, 5) is 15.7. The van der Waals surface area contributed by atoms with Gasteiger partial charge in [-0.05, 0) is 32.9 Å². The highest BCUT2D eigenvalue weighted by Crippen LogP contribution is 2.20. The molecule has 0 bridgehead atoms. The third kappa shape index (κ3) is 11.6. The number of nitrogen functional groups attached to an aromatic ring is 1. The number of aliphatic imine (C=N–C) groups is 1. The van der Waals surface area contributed by atoms with Crippen LogP contribution in [0.1, 0.15) is 40.2 Å². The number of nitrogens with two attached hydrogens (primary N) is 1. The number of hydrogen-bond donors (Lipinski definition) is 3. The molecule has 1 amide bonds. The van der Waals surface area contributed by atoms with E-state index in [0.717, 1.165) is 16.6 Å². The number of ether oxygens (including phenoxy) is 1. The Morgan fingerprint density at radius 1 is 1.28 bits per heavy atom. The molecule has 0 unspecified atom stereocenters. The molecule has 0 aromatic heterocycles. The van der Waals surface area contributed by atoms with Crippen LogP contribution < -0.4 is 16.4 Å². The fourth-order valence-corrected chi connectivity index (χ4v) is 2.17. The lowest BCUT2D eigenvalue weighted by Crippen LogP contribution is -2.36. The number of anilines is 1. The van der Waals surface area contributed by atoms with E-state index >= 15 is 0 Å². The first kappa shape index (κ1) is 23.4. The third-order valence-corrected chi connectivity index (χ3v) is 3.39. The second-order valence-electron chi connectivity index (χ2n) is 5.96. The van der Waals surface area contributed by atoms with Crippen molar-refractivity contribution in [1.29, 1.82) is 0 Å². The summed E-state index contributed by atoms with van der Waals surface area (Å²) in [5, 5.41) is 5.88. The predicted octanol–water partition coefficient (Wildman–Crippen LogP) is 3.59. The lowest BCUT2D eigenvalue weighted by atomic mass is 10.2. The molecular weight excluding hydrogens is 384 g/mol. The van der Waals surface area contributed by atoms with E-state index in [0.29, 0.717) is 25.3 Å². The van der Waals surface area contributed by atoms with E-state index in [1.807, 2.05) is 52.8 Å². The van der Waals surface area contributed by atoms with Crippen LogP contribution in [0.25, 0.3) is 0 Å². The molecule has 25 heavy (non-hydrogen) atoms. The minimum Gasteiger partial charge on any atom is -0.444 e. The maximum atomic E-state index is 11.4. The molecule has 0 saturated carbocycles. The maximum absolute atomic E-state index is 11.4. The van der Waals surface area contributed by atoms with E-state index < -0.39 is 11.7 Å². The van der Waals surface area contributed by atoms with Gasteiger partial charge in [-0.3, -0.25) is 4.99 Å². The van der Waals surface area contributed by atoms with Gasteiger partial charge in [0.15, 0.2) is 0 Å². The third-order valence-electron chi connectivity index (χ3n) is 2.69. The van der Waals surface area contributed by atoms with Gasteiger partial charge in [0, 0.05) is 41.6 Å². The van der Waals surface area contributed by atoms with Gasteiger partial charge in [0.2, 0.25) is 0 Å². The van der Waals surface area contributed by atoms with Crippen LogP contribution in [-0.4, -0.2) is 44.1 Å². The molecule has 0 aliphatic carbocycles. The van der Waals surface area contributed by atoms with E-state index in [1.165, 1.54) is 0 Å². The number of benzene rings is 1. The number of amides is 1. The fraction of sp³-hybridized carbons (Fsp3) is 0.556. The molecule has 4 N–H and O–H groups in total. The SMILES string of the molecule is CC.CC(C)(C)OC(=O)NCCNCCN=Cc1c(N)cccc1Br. The van der Waals surface area contributed by atoms with Crippen molar-refractivity contribution in [3.63, 3.8) is 0 Å². The van der Waals surface area contributed by atoms with E-state index in [1.54, 1.807) is 6.21 Å². The molecule has 0 spiro atoms. The topological polar surface area (TPSA) is 88.7 Å². The number of nitrogens with zero attached hydrogens (tertiary/aromatic N) is 1. The smallest absolute Gasteiger partial charge is 0.407 e. The van der Waals surface area contributed by atoms with Crippen LogP contribution in [-0.2, 0) is 4.74 Å². The highest BCUT2D eigenvalue weighted by atomic mass is 79.9. The van der Waals surface area contributed by atoms with E-state index in [-0.39, 0.29) is 0 Å². The first-order valence-electron chi connectivity index (χ1n) is 8.51. The highest BCUT2D eigenvalue weighted by Gasteiger charge is 2.15. The lowest BCUT2D eigenvalue weighted by molar-refractivity contribution is 0.0528. The summed E-state index contributed by atoms with van der Waals surface area (Å²) >= 11 is 3.45. The summed E-state index contributed by atoms with van der Waals surface area (Å²) in [7, 11) is 0. The molecule has 0 radical (unpaired) electrons. The highest BCUT2D eigenvalue weighted by molar-refractivity contribution is 9.10. The van der Waals surface area contributed by atoms with Gasteiger partial charge in [-0.15, -0.1) is 0 Å². The predicted molar refractivity (Wildman–Crippen MR) is 109 cm³/mol. The van der Waals surface area contributed by atoms with Crippen LogP contribution in [0.4, 0.5) is 10.5 Å². The first-order chi connectivity index (χ1) is 11.8. The molecule has 1 rings (SSSR count). The standard InChI is InChI=1S/C16H25BrN4O2.C2H6/c1-16(2,3)23-15(22)21-10-9-19-7-8-20-11-12-13(17)5-4-6-14(12)18;1-2/h4-6,11,19H,7-10,18H2,1-3H3,(H,21,22);1-2H3. The van der Waals surface area contributed by atoms with Gasteiger partial charge in [0.1, 0.15) is 5.60 Å². The Hall–Kier alpha value is -1.60. The largest absolute Gasteiger partial charge is 0.444 e. The molecule has 1 aromatic rings. The molecule has 0 saturated heterocycles. The van der Waals surface area contributed by atoms with Gasteiger partial charge in [-0.25, -0.2) is 4.79 Å². The molecule has 0 atom stereocenters. The zero-order chi connectivity index (χ0) is 19.3. The van der Waals surface area contributed by atoms with Crippen LogP contribution >= 0.6 is 15.9 Å². The molecule has 7 heteroatoms. The van der Waals surface area contributed by atoms with Gasteiger partial charge in [0.25, 0.3) is 0 Å². The van der Waals surface area contributed by atoms with Gasteiger partial charge in [0.05, 0.1) is 6.54 Å². The van der Waals surface area contributed by atoms with Gasteiger partial charge < -0.3 is 21.1 Å². The van der Waals surface area contributed by atoms with E-state index in [9.17, 15) is 4.79 Å². The molecule has 1 aromatic carbocycles. The zero-order valence-electron chi connectivity index (χ0n) is 15.9. The number of alkyl carbamates (subject to hydrolysis) is 1. The van der Waals surface area contributed by atoms with Crippen molar-refractivity contribution < 1.29 is 9.53 Å². The fourth-order valence-electron chi connectivity index (χ4n) is 1.68. The minimum atomic E-state index is -0.472. The normalized spacial score (nSPS) is 11.0. The van der Waals surface area contributed by atoms with Crippen molar-refractivity contribution >= 4 is 33.9 Å². The molecule has 0 aliphatic heterocycles. The Bertz CT molecular complexity index is 522. The number of nitrogens with one attached hydrogen (secondary N) is 2.